The summed E-state index contributed by atoms with van der Waals surface area (Å²) in [5, 5.41) is 0. The van der Waals surface area contributed by atoms with Crippen LogP contribution in [0.15, 0.2) is 42.6 Å². The number of hydrogen-bond acceptors (Lipinski definition) is 4. The molecule has 0 aliphatic carbocycles. The van der Waals surface area contributed by atoms with Gasteiger partial charge in [-0.3, -0.25) is 9.20 Å². The molecule has 0 spiro atoms. The van der Waals surface area contributed by atoms with Crippen LogP contribution in [0, 0.1) is 19.3 Å². The van der Waals surface area contributed by atoms with E-state index in [1.54, 1.807) is 0 Å². The summed E-state index contributed by atoms with van der Waals surface area (Å²) in [5.74, 6) is 3.04. The van der Waals surface area contributed by atoms with E-state index < -0.39 is 0 Å². The lowest BCUT2D eigenvalue weighted by molar-refractivity contribution is -0.142. The van der Waals surface area contributed by atoms with E-state index in [0.29, 0.717) is 18.8 Å². The Kier molecular flexibility index (Phi) is 5.23. The molecule has 0 saturated heterocycles. The van der Waals surface area contributed by atoms with Crippen LogP contribution < -0.4 is 4.74 Å². The largest absolute Gasteiger partial charge is 0.485 e. The molecule has 3 aromatic rings. The van der Waals surface area contributed by atoms with Gasteiger partial charge in [0.15, 0.2) is 11.4 Å². The van der Waals surface area contributed by atoms with Crippen molar-refractivity contribution < 1.29 is 14.3 Å². The van der Waals surface area contributed by atoms with Gasteiger partial charge in [0, 0.05) is 13.1 Å². The minimum Gasteiger partial charge on any atom is -0.485 e. The highest BCUT2D eigenvalue weighted by molar-refractivity contribution is 5.66. The van der Waals surface area contributed by atoms with E-state index in [0.717, 1.165) is 28.2 Å². The second-order valence-electron chi connectivity index (χ2n) is 5.93. The molecule has 5 heteroatoms. The Morgan fingerprint density at radius 2 is 1.92 bits per heavy atom. The number of aromatic nitrogens is 2. The Hall–Kier alpha value is -3.26. The quantitative estimate of drug-likeness (QED) is 0.506. The van der Waals surface area contributed by atoms with E-state index in [4.69, 9.17) is 15.9 Å². The Morgan fingerprint density at radius 3 is 2.62 bits per heavy atom. The maximum Gasteiger partial charge on any atom is 0.302 e. The fourth-order valence-electron chi connectivity index (χ4n) is 2.80. The van der Waals surface area contributed by atoms with Gasteiger partial charge in [-0.05, 0) is 30.2 Å². The number of terminal acetylenes is 1. The summed E-state index contributed by atoms with van der Waals surface area (Å²) in [5.41, 5.74) is 4.51. The molecule has 5 nitrogen and oxygen atoms in total. The average Bonchev–Trinajstić information content (AvgIpc) is 2.95. The van der Waals surface area contributed by atoms with Crippen molar-refractivity contribution in [2.24, 2.45) is 0 Å². The van der Waals surface area contributed by atoms with Crippen LogP contribution in [-0.2, 0) is 29.2 Å². The van der Waals surface area contributed by atoms with Crippen LogP contribution in [0.5, 0.6) is 5.75 Å². The number of fused-ring (bicyclic) bond motifs is 1. The highest BCUT2D eigenvalue weighted by atomic mass is 16.5. The van der Waals surface area contributed by atoms with Crippen molar-refractivity contribution >= 4 is 11.6 Å². The monoisotopic (exact) mass is 348 g/mol. The maximum absolute atomic E-state index is 11.1. The van der Waals surface area contributed by atoms with Gasteiger partial charge in [0.05, 0.1) is 17.8 Å². The number of benzene rings is 1. The molecule has 0 radical (unpaired) electrons. The van der Waals surface area contributed by atoms with E-state index in [1.807, 2.05) is 53.9 Å². The molecule has 0 amide bonds. The Morgan fingerprint density at radius 1 is 1.19 bits per heavy atom. The summed E-state index contributed by atoms with van der Waals surface area (Å²) < 4.78 is 13.1. The molecule has 0 saturated carbocycles. The molecule has 3 rings (SSSR count). The first-order valence-electron chi connectivity index (χ1n) is 8.33. The lowest BCUT2D eigenvalue weighted by atomic mass is 10.1. The van der Waals surface area contributed by atoms with Crippen LogP contribution in [0.1, 0.15) is 29.4 Å². The summed E-state index contributed by atoms with van der Waals surface area (Å²) >= 11 is 0. The van der Waals surface area contributed by atoms with Crippen LogP contribution >= 0.6 is 0 Å². The van der Waals surface area contributed by atoms with Gasteiger partial charge in [-0.25, -0.2) is 4.98 Å². The molecule has 132 valence electrons. The van der Waals surface area contributed by atoms with E-state index in [9.17, 15) is 4.79 Å². The molecule has 26 heavy (non-hydrogen) atoms. The topological polar surface area (TPSA) is 52.8 Å². The van der Waals surface area contributed by atoms with Crippen molar-refractivity contribution in [2.45, 2.75) is 33.5 Å². The molecule has 2 aromatic heterocycles. The molecule has 0 fully saturated rings. The summed E-state index contributed by atoms with van der Waals surface area (Å²) in [6.07, 6.45) is 7.91. The van der Waals surface area contributed by atoms with Gasteiger partial charge in [-0.15, -0.1) is 12.3 Å². The number of imidazole rings is 1. The lowest BCUT2D eigenvalue weighted by Crippen LogP contribution is -2.05. The molecule has 0 N–H and O–H groups in total. The van der Waals surface area contributed by atoms with Crippen LogP contribution in [0.2, 0.25) is 0 Å². The predicted octanol–water partition coefficient (Wildman–Crippen LogP) is 3.46. The lowest BCUT2D eigenvalue weighted by Gasteiger charge is -2.12. The fraction of sp³-hybridized carbons (Fsp3) is 0.238. The van der Waals surface area contributed by atoms with Crippen molar-refractivity contribution in [1.82, 2.24) is 9.38 Å². The zero-order valence-corrected chi connectivity index (χ0v) is 14.9. The smallest absolute Gasteiger partial charge is 0.302 e. The highest BCUT2D eigenvalue weighted by Gasteiger charge is 2.12. The number of pyridine rings is 1. The molecule has 0 aliphatic heterocycles. The average molecular weight is 348 g/mol. The number of nitrogens with zero attached hydrogens (tertiary/aromatic N) is 2. The van der Waals surface area contributed by atoms with E-state index >= 15 is 0 Å². The minimum atomic E-state index is -0.306. The molecule has 0 aliphatic rings. The SMILES string of the molecule is C#CCc1c(C)nc2c(OCc3ccccc3COC(C)=O)cccn12. The van der Waals surface area contributed by atoms with Crippen LogP contribution in [-0.4, -0.2) is 15.4 Å². The summed E-state index contributed by atoms with van der Waals surface area (Å²) in [7, 11) is 0. The molecular weight excluding hydrogens is 328 g/mol. The normalized spacial score (nSPS) is 10.5. The minimum absolute atomic E-state index is 0.230. The van der Waals surface area contributed by atoms with E-state index in [1.165, 1.54) is 6.92 Å². The second-order valence-corrected chi connectivity index (χ2v) is 5.93. The number of esters is 1. The molecule has 2 heterocycles. The molecule has 0 atom stereocenters. The van der Waals surface area contributed by atoms with Gasteiger partial charge in [0.2, 0.25) is 0 Å². The van der Waals surface area contributed by atoms with Gasteiger partial charge in [0.1, 0.15) is 13.2 Å². The highest BCUT2D eigenvalue weighted by Crippen LogP contribution is 2.24. The Balaban J connectivity index is 1.84. The van der Waals surface area contributed by atoms with Gasteiger partial charge in [0.25, 0.3) is 0 Å². The third-order valence-corrected chi connectivity index (χ3v) is 4.12. The first-order valence-corrected chi connectivity index (χ1v) is 8.33. The van der Waals surface area contributed by atoms with Crippen LogP contribution in [0.25, 0.3) is 5.65 Å². The van der Waals surface area contributed by atoms with Crippen molar-refractivity contribution in [2.75, 3.05) is 0 Å². The number of ether oxygens (including phenoxy) is 2. The Bertz CT molecular complexity index is 983. The van der Waals surface area contributed by atoms with E-state index in [2.05, 4.69) is 10.9 Å². The second kappa shape index (κ2) is 7.75. The van der Waals surface area contributed by atoms with Crippen LogP contribution in [0.4, 0.5) is 0 Å². The maximum atomic E-state index is 11.1. The summed E-state index contributed by atoms with van der Waals surface area (Å²) in [6.45, 7) is 3.92. The molecule has 0 bridgehead atoms. The number of rotatable bonds is 6. The van der Waals surface area contributed by atoms with Gasteiger partial charge in [-0.2, -0.15) is 0 Å². The summed E-state index contributed by atoms with van der Waals surface area (Å²) in [4.78, 5) is 15.7. The first kappa shape index (κ1) is 17.6. The van der Waals surface area contributed by atoms with Gasteiger partial charge < -0.3 is 9.47 Å². The Labute approximate surface area is 152 Å². The number of carbonyl (C=O) groups is 1. The summed E-state index contributed by atoms with van der Waals surface area (Å²) in [6, 6.07) is 11.5. The molecular formula is C21H20N2O3. The third-order valence-electron chi connectivity index (χ3n) is 4.12. The zero-order valence-electron chi connectivity index (χ0n) is 14.9. The third kappa shape index (κ3) is 3.70. The zero-order chi connectivity index (χ0) is 18.5. The van der Waals surface area contributed by atoms with Crippen molar-refractivity contribution in [1.29, 1.82) is 0 Å². The van der Waals surface area contributed by atoms with E-state index in [-0.39, 0.29) is 12.6 Å². The molecule has 1 aromatic carbocycles. The van der Waals surface area contributed by atoms with Crippen LogP contribution in [0.3, 0.4) is 0 Å². The first-order chi connectivity index (χ1) is 12.6. The standard InChI is InChI=1S/C21H20N2O3/c1-4-8-19-15(2)22-21-20(11-7-12-23(19)21)26-14-18-10-6-5-9-17(18)13-25-16(3)24/h1,5-7,9-12H,8,13-14H2,2-3H3. The number of carbonyl (C=O) groups excluding carboxylic acids is 1. The number of hydrogen-bond donors (Lipinski definition) is 0. The van der Waals surface area contributed by atoms with Crippen molar-refractivity contribution in [3.63, 3.8) is 0 Å². The van der Waals surface area contributed by atoms with Gasteiger partial charge in [-0.1, -0.05) is 24.3 Å². The molecule has 0 unspecified atom stereocenters. The van der Waals surface area contributed by atoms with Crippen molar-refractivity contribution in [3.8, 4) is 18.1 Å². The predicted molar refractivity (Wildman–Crippen MR) is 98.7 cm³/mol. The number of aryl methyl sites for hydroxylation is 1. The van der Waals surface area contributed by atoms with Gasteiger partial charge >= 0.3 is 5.97 Å². The van der Waals surface area contributed by atoms with Crippen molar-refractivity contribution in [3.05, 3.63) is 65.1 Å². The fourth-order valence-corrected chi connectivity index (χ4v) is 2.80.